The van der Waals surface area contributed by atoms with Crippen molar-refractivity contribution in [2.75, 3.05) is 32.7 Å². The minimum atomic E-state index is -1.64. The van der Waals surface area contributed by atoms with Gasteiger partial charge in [-0.25, -0.2) is 0 Å². The van der Waals surface area contributed by atoms with E-state index in [1.807, 2.05) is 0 Å². The van der Waals surface area contributed by atoms with E-state index in [0.717, 1.165) is 0 Å². The lowest BCUT2D eigenvalue weighted by molar-refractivity contribution is -0.136. The van der Waals surface area contributed by atoms with E-state index in [4.69, 9.17) is 28.7 Å². The SMILES string of the molecule is C[C@@H](O)[C@H](N)C(=O)N[C@@H](CCN)C(=O)N[C@H]1CCNC(=O)[C@H]([C@@H](C)O)NC(=O)[C@H](CCN)NC(=O)[C@H](CCN)NC(=O)[C@H](Cc2ccccc2)NC(=O)[C@@H](Cc2ccccc2)NC(=O)[C@H](CCN)NC1=O. The monoisotopic (exact) mass is 997 g/mol. The predicted octanol–water partition coefficient (Wildman–Crippen LogP) is -6.65. The van der Waals surface area contributed by atoms with Crippen LogP contribution in [0.2, 0.25) is 0 Å². The Balaban J connectivity index is 2.16. The molecule has 0 spiro atoms. The molecule has 0 aliphatic carbocycles. The van der Waals surface area contributed by atoms with Gasteiger partial charge in [-0.1, -0.05) is 60.7 Å². The highest BCUT2D eigenvalue weighted by atomic mass is 16.3. The van der Waals surface area contributed by atoms with Crippen LogP contribution in [-0.4, -0.2) is 163 Å². The van der Waals surface area contributed by atoms with Crippen molar-refractivity contribution in [1.82, 2.24) is 47.9 Å². The van der Waals surface area contributed by atoms with Crippen LogP contribution in [0.4, 0.5) is 0 Å². The summed E-state index contributed by atoms with van der Waals surface area (Å²) in [7, 11) is 0. The van der Waals surface area contributed by atoms with Gasteiger partial charge in [-0.3, -0.25) is 43.2 Å². The summed E-state index contributed by atoms with van der Waals surface area (Å²) in [6.07, 6.45) is -4.05. The number of carbonyl (C=O) groups excluding carboxylic acids is 9. The zero-order valence-electron chi connectivity index (χ0n) is 40.1. The summed E-state index contributed by atoms with van der Waals surface area (Å²) >= 11 is 0. The van der Waals surface area contributed by atoms with Crippen LogP contribution < -0.4 is 76.5 Å². The molecular weight excluding hydrogens is 925 g/mol. The van der Waals surface area contributed by atoms with Crippen LogP contribution in [0.15, 0.2) is 60.7 Å². The highest BCUT2D eigenvalue weighted by Crippen LogP contribution is 2.10. The largest absolute Gasteiger partial charge is 0.391 e. The number of hydrogen-bond donors (Lipinski definition) is 16. The number of amides is 9. The number of nitrogens with two attached hydrogens (primary N) is 5. The number of aliphatic hydroxyl groups excluding tert-OH is 2. The van der Waals surface area contributed by atoms with Crippen molar-refractivity contribution in [1.29, 1.82) is 0 Å². The Hall–Kier alpha value is -6.61. The molecule has 1 fully saturated rings. The smallest absolute Gasteiger partial charge is 0.245 e. The molecule has 1 heterocycles. The highest BCUT2D eigenvalue weighted by molar-refractivity contribution is 5.98. The van der Waals surface area contributed by atoms with Crippen molar-refractivity contribution in [3.63, 3.8) is 0 Å². The third kappa shape index (κ3) is 19.3. The summed E-state index contributed by atoms with van der Waals surface area (Å²) in [6.45, 7) is 1.55. The van der Waals surface area contributed by atoms with Gasteiger partial charge in [0.2, 0.25) is 53.2 Å². The van der Waals surface area contributed by atoms with Gasteiger partial charge in [0.15, 0.2) is 0 Å². The lowest BCUT2D eigenvalue weighted by atomic mass is 10.0. The van der Waals surface area contributed by atoms with E-state index < -0.39 is 133 Å². The number of nitrogens with one attached hydrogen (secondary N) is 9. The molecule has 25 heteroatoms. The summed E-state index contributed by atoms with van der Waals surface area (Å²) in [4.78, 5) is 125. The topological polar surface area (TPSA) is 432 Å². The first-order valence-corrected chi connectivity index (χ1v) is 23.5. The fourth-order valence-electron chi connectivity index (χ4n) is 7.36. The summed E-state index contributed by atoms with van der Waals surface area (Å²) in [6, 6.07) is 4.20. The second-order valence-corrected chi connectivity index (χ2v) is 17.2. The molecule has 0 saturated carbocycles. The molecule has 1 aliphatic rings. The minimum Gasteiger partial charge on any atom is -0.391 e. The molecule has 0 aromatic heterocycles. The van der Waals surface area contributed by atoms with Crippen molar-refractivity contribution in [2.45, 2.75) is 125 Å². The van der Waals surface area contributed by atoms with E-state index in [1.165, 1.54) is 13.8 Å². The molecule has 0 unspecified atom stereocenters. The molecule has 2 aromatic rings. The van der Waals surface area contributed by atoms with Gasteiger partial charge in [0.1, 0.15) is 54.4 Å². The molecule has 1 aliphatic heterocycles. The Bertz CT molecular complexity index is 2080. The van der Waals surface area contributed by atoms with Crippen LogP contribution in [0.5, 0.6) is 0 Å². The normalized spacial score (nSPS) is 24.2. The number of hydrogen-bond acceptors (Lipinski definition) is 16. The maximum absolute atomic E-state index is 14.5. The number of carbonyl (C=O) groups is 9. The van der Waals surface area contributed by atoms with Crippen LogP contribution in [0.1, 0.15) is 57.1 Å². The molecular formula is C46H72N14O11. The van der Waals surface area contributed by atoms with Gasteiger partial charge in [0.05, 0.1) is 12.2 Å². The van der Waals surface area contributed by atoms with Crippen LogP contribution in [0, 0.1) is 0 Å². The zero-order valence-corrected chi connectivity index (χ0v) is 40.1. The quantitative estimate of drug-likeness (QED) is 0.0660. The average molecular weight is 997 g/mol. The Kier molecular flexibility index (Phi) is 25.0. The first-order chi connectivity index (χ1) is 33.8. The van der Waals surface area contributed by atoms with E-state index >= 15 is 0 Å². The van der Waals surface area contributed by atoms with Crippen molar-refractivity contribution in [2.24, 2.45) is 28.7 Å². The van der Waals surface area contributed by atoms with Gasteiger partial charge >= 0.3 is 0 Å². The molecule has 0 bridgehead atoms. The lowest BCUT2D eigenvalue weighted by Crippen LogP contribution is -2.61. The second-order valence-electron chi connectivity index (χ2n) is 17.2. The highest BCUT2D eigenvalue weighted by Gasteiger charge is 2.36. The van der Waals surface area contributed by atoms with Crippen molar-refractivity contribution >= 4 is 53.2 Å². The van der Waals surface area contributed by atoms with Crippen LogP contribution in [-0.2, 0) is 56.0 Å². The molecule has 71 heavy (non-hydrogen) atoms. The van der Waals surface area contributed by atoms with Crippen LogP contribution in [0.25, 0.3) is 0 Å². The zero-order chi connectivity index (χ0) is 52.6. The molecule has 25 nitrogen and oxygen atoms in total. The fourth-order valence-corrected chi connectivity index (χ4v) is 7.36. The Morgan fingerprint density at radius 3 is 1.39 bits per heavy atom. The molecule has 2 aromatic carbocycles. The number of aliphatic hydroxyl groups is 2. The molecule has 3 rings (SSSR count). The van der Waals surface area contributed by atoms with Crippen LogP contribution >= 0.6 is 0 Å². The molecule has 0 radical (unpaired) electrons. The van der Waals surface area contributed by atoms with Gasteiger partial charge in [0, 0.05) is 19.4 Å². The maximum atomic E-state index is 14.5. The molecule has 21 N–H and O–H groups in total. The Labute approximate surface area is 412 Å². The minimum absolute atomic E-state index is 0.0927. The molecule has 1 saturated heterocycles. The first kappa shape index (κ1) is 58.7. The van der Waals surface area contributed by atoms with E-state index in [2.05, 4.69) is 47.9 Å². The van der Waals surface area contributed by atoms with Gasteiger partial charge in [-0.2, -0.15) is 0 Å². The van der Waals surface area contributed by atoms with Gasteiger partial charge in [-0.15, -0.1) is 0 Å². The second kappa shape index (κ2) is 30.2. The number of benzene rings is 2. The van der Waals surface area contributed by atoms with Gasteiger partial charge < -0.3 is 86.7 Å². The van der Waals surface area contributed by atoms with Gasteiger partial charge in [-0.05, 0) is 83.3 Å². The standard InChI is InChI=1S/C46H72N14O11/c1-25(61)36(51)45(70)57-31(15-20-49)39(64)56-33-17-22-52-46(71)37(26(2)62)60-42(67)32(16-21-50)54-38(63)29(13-18-47)55-43(68)34(23-27-9-5-3-6-10-27)59-44(69)35(24-28-11-7-4-8-12-28)58-40(65)30(14-19-48)53-41(33)66/h3-12,25-26,29-37,61-62H,13-24,47-51H2,1-2H3,(H,52,71)(H,53,66)(H,54,63)(H,55,68)(H,56,64)(H,57,70)(H,58,65)(H,59,69)(H,60,67)/t25-,26-,29+,30+,31+,32+,33+,34+,35-,36+,37+/m1/s1. The maximum Gasteiger partial charge on any atom is 0.245 e. The van der Waals surface area contributed by atoms with Crippen molar-refractivity contribution < 1.29 is 53.4 Å². The predicted molar refractivity (Wildman–Crippen MR) is 259 cm³/mol. The van der Waals surface area contributed by atoms with E-state index in [1.54, 1.807) is 60.7 Å². The van der Waals surface area contributed by atoms with E-state index in [9.17, 15) is 53.4 Å². The molecule has 392 valence electrons. The summed E-state index contributed by atoms with van der Waals surface area (Å²) in [5, 5.41) is 43.5. The third-order valence-electron chi connectivity index (χ3n) is 11.4. The summed E-state index contributed by atoms with van der Waals surface area (Å²) < 4.78 is 0. The lowest BCUT2D eigenvalue weighted by Gasteiger charge is -2.28. The average Bonchev–Trinajstić information content (AvgIpc) is 3.33. The van der Waals surface area contributed by atoms with E-state index in [0.29, 0.717) is 11.1 Å². The molecule has 11 atom stereocenters. The first-order valence-electron chi connectivity index (χ1n) is 23.5. The van der Waals surface area contributed by atoms with E-state index in [-0.39, 0.29) is 64.7 Å². The molecule has 9 amide bonds. The van der Waals surface area contributed by atoms with Gasteiger partial charge in [0.25, 0.3) is 0 Å². The summed E-state index contributed by atoms with van der Waals surface area (Å²) in [5.74, 6) is -8.10. The van der Waals surface area contributed by atoms with Crippen molar-refractivity contribution in [3.05, 3.63) is 71.8 Å². The Morgan fingerprint density at radius 2 is 0.986 bits per heavy atom. The Morgan fingerprint density at radius 1 is 0.577 bits per heavy atom. The van der Waals surface area contributed by atoms with Crippen LogP contribution in [0.3, 0.4) is 0 Å². The van der Waals surface area contributed by atoms with Crippen molar-refractivity contribution in [3.8, 4) is 0 Å². The fraction of sp³-hybridized carbons (Fsp3) is 0.543. The number of rotatable bonds is 18. The third-order valence-corrected chi connectivity index (χ3v) is 11.4. The summed E-state index contributed by atoms with van der Waals surface area (Å²) in [5.41, 5.74) is 30.3.